The van der Waals surface area contributed by atoms with E-state index in [4.69, 9.17) is 21.3 Å². The fourth-order valence-corrected chi connectivity index (χ4v) is 5.71. The molecule has 0 bridgehead atoms. The van der Waals surface area contributed by atoms with Gasteiger partial charge in [-0.25, -0.2) is 4.98 Å². The average Bonchev–Trinajstić information content (AvgIpc) is 2.83. The maximum atomic E-state index is 13.8. The van der Waals surface area contributed by atoms with Gasteiger partial charge in [0.05, 0.1) is 24.1 Å². The van der Waals surface area contributed by atoms with Crippen LogP contribution in [0.4, 0.5) is 0 Å². The van der Waals surface area contributed by atoms with Crippen LogP contribution in [-0.2, 0) is 16.1 Å². The Morgan fingerprint density at radius 2 is 2.03 bits per heavy atom. The first-order chi connectivity index (χ1) is 17.8. The monoisotopic (exact) mass is 522 g/mol. The third-order valence-electron chi connectivity index (χ3n) is 7.52. The normalized spacial score (nSPS) is 22.2. The molecule has 2 fully saturated rings. The Morgan fingerprint density at radius 1 is 1.22 bits per heavy atom. The number of aromatic nitrogens is 2. The summed E-state index contributed by atoms with van der Waals surface area (Å²) in [6.07, 6.45) is 2.24. The molecule has 1 aliphatic heterocycles. The minimum Gasteiger partial charge on any atom is -0.379 e. The number of nitrogens with one attached hydrogen (secondary N) is 1. The van der Waals surface area contributed by atoms with Gasteiger partial charge in [0, 0.05) is 35.8 Å². The zero-order valence-corrected chi connectivity index (χ0v) is 22.5. The summed E-state index contributed by atoms with van der Waals surface area (Å²) in [6, 6.07) is 13.7. The van der Waals surface area contributed by atoms with E-state index >= 15 is 0 Å². The number of halogens is 1. The van der Waals surface area contributed by atoms with Crippen LogP contribution >= 0.6 is 11.6 Å². The molecule has 2 aromatic carbocycles. The highest BCUT2D eigenvalue weighted by molar-refractivity contribution is 6.30. The lowest BCUT2D eigenvalue weighted by atomic mass is 9.71. The minimum atomic E-state index is -0.225. The predicted octanol–water partition coefficient (Wildman–Crippen LogP) is 4.46. The number of benzene rings is 2. The molecule has 0 radical (unpaired) electrons. The molecule has 1 saturated carbocycles. The number of amides is 1. The maximum absolute atomic E-state index is 13.8. The molecule has 196 valence electrons. The van der Waals surface area contributed by atoms with Crippen LogP contribution in [0.25, 0.3) is 22.3 Å². The Hall–Kier alpha value is -2.74. The van der Waals surface area contributed by atoms with E-state index in [2.05, 4.69) is 23.2 Å². The van der Waals surface area contributed by atoms with Gasteiger partial charge < -0.3 is 10.1 Å². The van der Waals surface area contributed by atoms with Crippen molar-refractivity contribution in [2.45, 2.75) is 58.2 Å². The van der Waals surface area contributed by atoms with E-state index in [0.29, 0.717) is 45.2 Å². The van der Waals surface area contributed by atoms with E-state index in [1.807, 2.05) is 38.1 Å². The second-order valence-corrected chi connectivity index (χ2v) is 11.2. The number of morpholine rings is 1. The Labute approximate surface area is 222 Å². The smallest absolute Gasteiger partial charge is 0.262 e. The number of ether oxygens (including phenoxy) is 1. The van der Waals surface area contributed by atoms with Crippen molar-refractivity contribution < 1.29 is 9.53 Å². The molecule has 37 heavy (non-hydrogen) atoms. The van der Waals surface area contributed by atoms with E-state index < -0.39 is 0 Å². The van der Waals surface area contributed by atoms with Crippen molar-refractivity contribution in [3.8, 4) is 11.4 Å². The summed E-state index contributed by atoms with van der Waals surface area (Å²) in [7, 11) is 0. The Kier molecular flexibility index (Phi) is 7.65. The molecule has 1 N–H and O–H groups in total. The summed E-state index contributed by atoms with van der Waals surface area (Å²) < 4.78 is 7.04. The average molecular weight is 523 g/mol. The van der Waals surface area contributed by atoms with Crippen molar-refractivity contribution >= 4 is 28.4 Å². The van der Waals surface area contributed by atoms with Crippen LogP contribution in [0.3, 0.4) is 0 Å². The Balaban J connectivity index is 1.43. The van der Waals surface area contributed by atoms with Gasteiger partial charge in [0.1, 0.15) is 12.4 Å². The lowest BCUT2D eigenvalue weighted by Crippen LogP contribution is -2.47. The highest BCUT2D eigenvalue weighted by atomic mass is 35.5. The van der Waals surface area contributed by atoms with Crippen LogP contribution in [-0.4, -0.2) is 58.7 Å². The van der Waals surface area contributed by atoms with Gasteiger partial charge in [-0.05, 0) is 75.3 Å². The molecule has 1 atom stereocenters. The fraction of sp³-hybridized carbons (Fsp3) is 0.483. The Bertz CT molecular complexity index is 1350. The first-order valence-electron chi connectivity index (χ1n) is 13.2. The van der Waals surface area contributed by atoms with Crippen molar-refractivity contribution in [3.05, 3.63) is 63.4 Å². The minimum absolute atomic E-state index is 0.0233. The first kappa shape index (κ1) is 25.9. The van der Waals surface area contributed by atoms with Gasteiger partial charge in [-0.15, -0.1) is 0 Å². The highest BCUT2D eigenvalue weighted by Crippen LogP contribution is 2.42. The van der Waals surface area contributed by atoms with Gasteiger partial charge in [0.25, 0.3) is 5.56 Å². The molecule has 0 spiro atoms. The summed E-state index contributed by atoms with van der Waals surface area (Å²) in [6.45, 7) is 9.66. The summed E-state index contributed by atoms with van der Waals surface area (Å²) in [5.74, 6) is 1.32. The maximum Gasteiger partial charge on any atom is 0.262 e. The van der Waals surface area contributed by atoms with E-state index in [9.17, 15) is 9.59 Å². The molecule has 1 aromatic heterocycles. The second-order valence-electron chi connectivity index (χ2n) is 10.8. The van der Waals surface area contributed by atoms with Crippen LogP contribution in [0, 0.1) is 5.92 Å². The summed E-state index contributed by atoms with van der Waals surface area (Å²) in [4.78, 5) is 33.8. The zero-order valence-electron chi connectivity index (χ0n) is 21.7. The number of nitrogens with zero attached hydrogens (tertiary/aromatic N) is 3. The molecule has 2 aliphatic rings. The molecule has 1 saturated heterocycles. The first-order valence-corrected chi connectivity index (χ1v) is 13.6. The summed E-state index contributed by atoms with van der Waals surface area (Å²) >= 11 is 6.24. The summed E-state index contributed by atoms with van der Waals surface area (Å²) in [5, 5.41) is 3.98. The highest BCUT2D eigenvalue weighted by Gasteiger charge is 2.33. The van der Waals surface area contributed by atoms with Crippen molar-refractivity contribution in [3.63, 3.8) is 0 Å². The van der Waals surface area contributed by atoms with Gasteiger partial charge in [-0.2, -0.15) is 0 Å². The van der Waals surface area contributed by atoms with Crippen LogP contribution in [0.2, 0.25) is 5.02 Å². The number of fused-ring (bicyclic) bond motifs is 1. The van der Waals surface area contributed by atoms with E-state index in [0.717, 1.165) is 39.1 Å². The number of hydrogen-bond donors (Lipinski definition) is 1. The number of rotatable bonds is 7. The molecule has 0 unspecified atom stereocenters. The molecule has 7 nitrogen and oxygen atoms in total. The molecular weight excluding hydrogens is 488 g/mol. The van der Waals surface area contributed by atoms with Gasteiger partial charge in [0.15, 0.2) is 0 Å². The Morgan fingerprint density at radius 3 is 2.76 bits per heavy atom. The molecule has 1 aliphatic carbocycles. The van der Waals surface area contributed by atoms with E-state index in [1.54, 1.807) is 12.1 Å². The largest absolute Gasteiger partial charge is 0.379 e. The number of hydrogen-bond acceptors (Lipinski definition) is 5. The van der Waals surface area contributed by atoms with Gasteiger partial charge in [-0.1, -0.05) is 29.8 Å². The van der Waals surface area contributed by atoms with Crippen LogP contribution < -0.4 is 10.9 Å². The van der Waals surface area contributed by atoms with E-state index in [1.165, 1.54) is 10.1 Å². The topological polar surface area (TPSA) is 76.5 Å². The molecule has 2 heterocycles. The summed E-state index contributed by atoms with van der Waals surface area (Å²) in [5.41, 5.74) is 2.29. The van der Waals surface area contributed by atoms with E-state index in [-0.39, 0.29) is 24.1 Å². The van der Waals surface area contributed by atoms with Gasteiger partial charge in [0.2, 0.25) is 5.91 Å². The van der Waals surface area contributed by atoms with Crippen molar-refractivity contribution in [2.24, 2.45) is 5.92 Å². The molecular formula is C29H35ClN4O3. The third kappa shape index (κ3) is 5.74. The fourth-order valence-electron chi connectivity index (χ4n) is 5.52. The zero-order chi connectivity index (χ0) is 26.1. The van der Waals surface area contributed by atoms with Crippen molar-refractivity contribution in [1.82, 2.24) is 19.8 Å². The molecule has 3 aromatic rings. The molecule has 5 rings (SSSR count). The standard InChI is InChI=1S/C29H35ClN4O3/c1-18(2)31-27(35)16-34-28(22-5-4-6-24(30)13-22)32-26-8-7-21(14-25(26)29(34)36)23-11-20(12-23)15-33-9-10-37-17-19(33)3/h4-8,13-14,18-20,23H,9-12,15-17H2,1-3H3,(H,31,35)/t19-,20?,23?/m1/s1. The van der Waals surface area contributed by atoms with Crippen LogP contribution in [0.5, 0.6) is 0 Å². The quantitative estimate of drug-likeness (QED) is 0.496. The molecule has 8 heteroatoms. The lowest BCUT2D eigenvalue weighted by molar-refractivity contribution is -0.122. The number of carbonyl (C=O) groups is 1. The predicted molar refractivity (Wildman–Crippen MR) is 147 cm³/mol. The van der Waals surface area contributed by atoms with Crippen molar-refractivity contribution in [2.75, 3.05) is 26.3 Å². The van der Waals surface area contributed by atoms with Gasteiger partial charge >= 0.3 is 0 Å². The van der Waals surface area contributed by atoms with Crippen LogP contribution in [0.1, 0.15) is 45.1 Å². The van der Waals surface area contributed by atoms with Gasteiger partial charge in [-0.3, -0.25) is 19.1 Å². The lowest BCUT2D eigenvalue weighted by Gasteiger charge is -2.42. The number of carbonyl (C=O) groups excluding carboxylic acids is 1. The molecule has 1 amide bonds. The van der Waals surface area contributed by atoms with Crippen molar-refractivity contribution in [1.29, 1.82) is 0 Å². The second kappa shape index (κ2) is 10.9. The third-order valence-corrected chi connectivity index (χ3v) is 7.75. The van der Waals surface area contributed by atoms with Crippen LogP contribution in [0.15, 0.2) is 47.3 Å². The SMILES string of the molecule is CC(C)NC(=O)Cn1c(-c2cccc(Cl)c2)nc2ccc(C3CC(CN4CCOC[C@H]4C)C3)cc2c1=O.